The van der Waals surface area contributed by atoms with Crippen LogP contribution in [-0.2, 0) is 18.6 Å². The molecule has 0 aliphatic carbocycles. The van der Waals surface area contributed by atoms with Crippen LogP contribution in [0, 0.1) is 11.6 Å². The van der Waals surface area contributed by atoms with Gasteiger partial charge >= 0.3 is 6.18 Å². The third-order valence-electron chi connectivity index (χ3n) is 5.50. The maximum absolute atomic E-state index is 14.3. The summed E-state index contributed by atoms with van der Waals surface area (Å²) in [6, 6.07) is 9.94. The molecule has 1 aliphatic rings. The van der Waals surface area contributed by atoms with E-state index in [4.69, 9.17) is 0 Å². The first kappa shape index (κ1) is 21.9. The summed E-state index contributed by atoms with van der Waals surface area (Å²) in [5.41, 5.74) is -2.08. The van der Waals surface area contributed by atoms with E-state index in [1.54, 1.807) is 0 Å². The van der Waals surface area contributed by atoms with Crippen LogP contribution in [0.4, 0.5) is 22.0 Å². The van der Waals surface area contributed by atoms with Crippen LogP contribution in [0.15, 0.2) is 48.5 Å². The number of carbonyl (C=O) groups excluding carboxylic acids is 1. The van der Waals surface area contributed by atoms with Crippen molar-refractivity contribution in [3.8, 4) is 11.3 Å². The topological polar surface area (TPSA) is 62.2 Å². The average molecular weight is 448 g/mol. The van der Waals surface area contributed by atoms with Crippen LogP contribution in [0.25, 0.3) is 11.3 Å². The van der Waals surface area contributed by atoms with Gasteiger partial charge in [-0.1, -0.05) is 30.3 Å². The summed E-state index contributed by atoms with van der Waals surface area (Å²) in [5, 5.41) is 12.4. The number of nitrogens with zero attached hydrogens (tertiary/aromatic N) is 1. The summed E-state index contributed by atoms with van der Waals surface area (Å²) < 4.78 is 67.8. The highest BCUT2D eigenvalue weighted by atomic mass is 19.4. The molecule has 0 saturated heterocycles. The largest absolute Gasteiger partial charge is 0.421 e. The van der Waals surface area contributed by atoms with Crippen LogP contribution in [0.5, 0.6) is 0 Å². The van der Waals surface area contributed by atoms with Gasteiger partial charge in [0, 0.05) is 0 Å². The summed E-state index contributed by atoms with van der Waals surface area (Å²) in [6.07, 6.45) is -4.74. The van der Waals surface area contributed by atoms with Crippen molar-refractivity contribution in [3.63, 3.8) is 0 Å². The molecule has 4 nitrogen and oxygen atoms in total. The SMILES string of the molecule is CC(O)(c1ccc(Cc2cc(-c3c(F)cccc3F)nc3c2C(=O)NC3)cc1)C(F)(F)F. The minimum Gasteiger partial charge on any atom is -0.376 e. The molecule has 4 rings (SSSR count). The number of fused-ring (bicyclic) bond motifs is 1. The van der Waals surface area contributed by atoms with E-state index >= 15 is 0 Å². The Labute approximate surface area is 179 Å². The molecule has 0 spiro atoms. The summed E-state index contributed by atoms with van der Waals surface area (Å²) in [4.78, 5) is 16.5. The van der Waals surface area contributed by atoms with Crippen molar-refractivity contribution in [2.45, 2.75) is 31.7 Å². The van der Waals surface area contributed by atoms with Gasteiger partial charge in [-0.15, -0.1) is 0 Å². The lowest BCUT2D eigenvalue weighted by atomic mass is 9.92. The number of alkyl halides is 3. The first-order chi connectivity index (χ1) is 15.0. The molecule has 0 radical (unpaired) electrons. The lowest BCUT2D eigenvalue weighted by Crippen LogP contribution is -2.39. The van der Waals surface area contributed by atoms with E-state index in [1.807, 2.05) is 0 Å². The fourth-order valence-electron chi connectivity index (χ4n) is 3.65. The highest BCUT2D eigenvalue weighted by molar-refractivity contribution is 5.99. The second kappa shape index (κ2) is 7.67. The standard InChI is InChI=1S/C23H17F5N2O2/c1-22(32,23(26,27)28)14-7-5-12(6-8-14)9-13-10-17(20-15(24)3-2-4-16(20)25)30-18-11-29-21(31)19(13)18/h2-8,10,32H,9,11H2,1H3,(H,29,31). The average Bonchev–Trinajstić information content (AvgIpc) is 3.08. The lowest BCUT2D eigenvalue weighted by Gasteiger charge is -2.26. The number of aromatic nitrogens is 1. The Morgan fingerprint density at radius 3 is 2.25 bits per heavy atom. The van der Waals surface area contributed by atoms with Crippen LogP contribution in [0.3, 0.4) is 0 Å². The van der Waals surface area contributed by atoms with Crippen LogP contribution in [0.1, 0.15) is 39.7 Å². The summed E-state index contributed by atoms with van der Waals surface area (Å²) in [6.45, 7) is 0.760. The lowest BCUT2D eigenvalue weighted by molar-refractivity contribution is -0.258. The molecule has 0 saturated carbocycles. The first-order valence-corrected chi connectivity index (χ1v) is 9.63. The van der Waals surface area contributed by atoms with Gasteiger partial charge in [0.15, 0.2) is 5.60 Å². The maximum Gasteiger partial charge on any atom is 0.421 e. The normalized spacial score (nSPS) is 15.3. The molecule has 1 amide bonds. The molecule has 9 heteroatoms. The van der Waals surface area contributed by atoms with Gasteiger partial charge in [-0.2, -0.15) is 13.2 Å². The second-order valence-corrected chi connectivity index (χ2v) is 7.71. The Morgan fingerprint density at radius 1 is 1.03 bits per heavy atom. The Hall–Kier alpha value is -3.33. The molecule has 32 heavy (non-hydrogen) atoms. The molecule has 1 atom stereocenters. The van der Waals surface area contributed by atoms with Crippen molar-refractivity contribution in [2.75, 3.05) is 0 Å². The van der Waals surface area contributed by atoms with E-state index in [0.29, 0.717) is 23.7 Å². The van der Waals surface area contributed by atoms with Crippen LogP contribution in [0.2, 0.25) is 0 Å². The molecule has 0 fully saturated rings. The summed E-state index contributed by atoms with van der Waals surface area (Å²) in [5.74, 6) is -2.00. The zero-order valence-corrected chi connectivity index (χ0v) is 16.7. The smallest absolute Gasteiger partial charge is 0.376 e. The van der Waals surface area contributed by atoms with Gasteiger partial charge in [0.05, 0.1) is 29.1 Å². The van der Waals surface area contributed by atoms with Crippen molar-refractivity contribution >= 4 is 5.91 Å². The van der Waals surface area contributed by atoms with E-state index in [-0.39, 0.29) is 41.3 Å². The molecular formula is C23H17F5N2O2. The van der Waals surface area contributed by atoms with Gasteiger partial charge in [-0.05, 0) is 48.2 Å². The number of pyridine rings is 1. The van der Waals surface area contributed by atoms with Gasteiger partial charge in [-0.25, -0.2) is 13.8 Å². The Morgan fingerprint density at radius 2 is 1.66 bits per heavy atom. The zero-order valence-electron chi connectivity index (χ0n) is 16.7. The molecule has 2 heterocycles. The predicted molar refractivity (Wildman–Crippen MR) is 106 cm³/mol. The third-order valence-corrected chi connectivity index (χ3v) is 5.50. The molecule has 2 aromatic carbocycles. The first-order valence-electron chi connectivity index (χ1n) is 9.63. The minimum atomic E-state index is -4.85. The van der Waals surface area contributed by atoms with Gasteiger partial charge in [0.2, 0.25) is 0 Å². The van der Waals surface area contributed by atoms with Crippen LogP contribution in [-0.4, -0.2) is 22.2 Å². The number of hydrogen-bond donors (Lipinski definition) is 2. The van der Waals surface area contributed by atoms with Crippen molar-refractivity contribution < 1.29 is 31.9 Å². The fourth-order valence-corrected chi connectivity index (χ4v) is 3.65. The number of benzene rings is 2. The van der Waals surface area contributed by atoms with E-state index in [0.717, 1.165) is 24.3 Å². The fraction of sp³-hybridized carbons (Fsp3) is 0.217. The number of amides is 1. The van der Waals surface area contributed by atoms with Crippen LogP contribution >= 0.6 is 0 Å². The number of carbonyl (C=O) groups is 1. The molecule has 1 aliphatic heterocycles. The Bertz CT molecular complexity index is 1180. The second-order valence-electron chi connectivity index (χ2n) is 7.71. The quantitative estimate of drug-likeness (QED) is 0.572. The van der Waals surface area contributed by atoms with E-state index < -0.39 is 23.4 Å². The van der Waals surface area contributed by atoms with Gasteiger partial charge in [0.1, 0.15) is 11.6 Å². The number of halogens is 5. The summed E-state index contributed by atoms with van der Waals surface area (Å²) >= 11 is 0. The van der Waals surface area contributed by atoms with Gasteiger partial charge in [-0.3, -0.25) is 4.79 Å². The van der Waals surface area contributed by atoms with E-state index in [1.165, 1.54) is 24.3 Å². The van der Waals surface area contributed by atoms with Crippen LogP contribution < -0.4 is 5.32 Å². The number of nitrogens with one attached hydrogen (secondary N) is 1. The Kier molecular flexibility index (Phi) is 5.24. The van der Waals surface area contributed by atoms with Gasteiger partial charge < -0.3 is 10.4 Å². The monoisotopic (exact) mass is 448 g/mol. The predicted octanol–water partition coefficient (Wildman–Crippen LogP) is 4.63. The highest BCUT2D eigenvalue weighted by Crippen LogP contribution is 2.38. The number of hydrogen-bond acceptors (Lipinski definition) is 3. The number of aliphatic hydroxyl groups is 1. The van der Waals surface area contributed by atoms with Crippen molar-refractivity contribution in [2.24, 2.45) is 0 Å². The zero-order chi connectivity index (χ0) is 23.3. The van der Waals surface area contributed by atoms with Gasteiger partial charge in [0.25, 0.3) is 5.91 Å². The molecule has 166 valence electrons. The minimum absolute atomic E-state index is 0.0162. The highest BCUT2D eigenvalue weighted by Gasteiger charge is 2.51. The van der Waals surface area contributed by atoms with Crippen molar-refractivity contribution in [1.29, 1.82) is 0 Å². The molecular weight excluding hydrogens is 431 g/mol. The molecule has 3 aromatic rings. The number of rotatable bonds is 4. The van der Waals surface area contributed by atoms with Crippen molar-refractivity contribution in [1.82, 2.24) is 10.3 Å². The summed E-state index contributed by atoms with van der Waals surface area (Å²) in [7, 11) is 0. The Balaban J connectivity index is 1.74. The van der Waals surface area contributed by atoms with E-state index in [9.17, 15) is 31.9 Å². The molecule has 0 bridgehead atoms. The van der Waals surface area contributed by atoms with E-state index in [2.05, 4.69) is 10.3 Å². The maximum atomic E-state index is 14.3. The molecule has 1 unspecified atom stereocenters. The van der Waals surface area contributed by atoms with Crippen molar-refractivity contribution in [3.05, 3.63) is 88.1 Å². The molecule has 1 aromatic heterocycles. The molecule has 2 N–H and O–H groups in total. The third kappa shape index (κ3) is 3.73.